The summed E-state index contributed by atoms with van der Waals surface area (Å²) in [5, 5.41) is 3.66. The quantitative estimate of drug-likeness (QED) is 0.541. The monoisotopic (exact) mass is 527 g/mol. The molecule has 6 heterocycles. The number of nitrogens with one attached hydrogen (secondary N) is 1. The molecular weight excluding hydrogens is 502 g/mol. The molecule has 0 amide bonds. The van der Waals surface area contributed by atoms with Gasteiger partial charge in [0, 0.05) is 37.6 Å². The number of fused-ring (bicyclic) bond motifs is 1. The van der Waals surface area contributed by atoms with Crippen LogP contribution in [0.15, 0.2) is 39.9 Å². The van der Waals surface area contributed by atoms with Gasteiger partial charge in [-0.2, -0.15) is 0 Å². The Morgan fingerprint density at radius 1 is 1.09 bits per heavy atom. The van der Waals surface area contributed by atoms with E-state index in [2.05, 4.69) is 36.1 Å². The van der Waals surface area contributed by atoms with E-state index in [0.717, 1.165) is 65.8 Å². The Morgan fingerprint density at radius 2 is 1.94 bits per heavy atom. The maximum absolute atomic E-state index is 12.8. The van der Waals surface area contributed by atoms with Gasteiger partial charge in [0.05, 0.1) is 16.0 Å². The van der Waals surface area contributed by atoms with Gasteiger partial charge in [-0.25, -0.2) is 4.98 Å². The molecule has 3 aromatic rings. The van der Waals surface area contributed by atoms with Crippen molar-refractivity contribution in [3.8, 4) is 17.4 Å². The number of pyridine rings is 3. The van der Waals surface area contributed by atoms with Gasteiger partial charge in [-0.15, -0.1) is 0 Å². The van der Waals surface area contributed by atoms with Crippen LogP contribution in [-0.4, -0.2) is 64.9 Å². The molecule has 0 spiro atoms. The van der Waals surface area contributed by atoms with Crippen LogP contribution in [0.2, 0.25) is 0 Å². The van der Waals surface area contributed by atoms with Crippen LogP contribution < -0.4 is 25.1 Å². The van der Waals surface area contributed by atoms with Crippen molar-refractivity contribution in [1.82, 2.24) is 24.8 Å². The molecule has 9 nitrogen and oxygen atoms in total. The highest BCUT2D eigenvalue weighted by atomic mass is 79.9. The minimum atomic E-state index is -0.0342. The van der Waals surface area contributed by atoms with E-state index < -0.39 is 0 Å². The number of halogens is 1. The first-order valence-electron chi connectivity index (χ1n) is 11.7. The zero-order chi connectivity index (χ0) is 23.1. The first-order valence-corrected chi connectivity index (χ1v) is 12.5. The van der Waals surface area contributed by atoms with E-state index >= 15 is 0 Å². The van der Waals surface area contributed by atoms with Crippen molar-refractivity contribution in [2.24, 2.45) is 0 Å². The summed E-state index contributed by atoms with van der Waals surface area (Å²) < 4.78 is 19.9. The summed E-state index contributed by atoms with van der Waals surface area (Å²) in [4.78, 5) is 24.0. The van der Waals surface area contributed by atoms with Crippen molar-refractivity contribution >= 4 is 27.0 Å². The molecule has 178 valence electrons. The van der Waals surface area contributed by atoms with Gasteiger partial charge in [0.25, 0.3) is 11.4 Å². The zero-order valence-electron chi connectivity index (χ0n) is 18.7. The summed E-state index contributed by atoms with van der Waals surface area (Å²) in [5.74, 6) is 2.01. The molecule has 0 radical (unpaired) electrons. The molecule has 3 aromatic heterocycles. The van der Waals surface area contributed by atoms with Crippen molar-refractivity contribution in [1.29, 1.82) is 0 Å². The standard InChI is InChI=1S/C24H26BrN5O4/c25-18-12-27-19-1-2-21(31)30-17(14-34-23(18)22(19)30)13-29-5-3-16(4-6-29)26-10-15-9-20-24(28-11-15)33-8-7-32-20/h1-2,9,11-12,16-17,26H,3-8,10,13-14H2/t17-/m1/s1. The second-order valence-electron chi connectivity index (χ2n) is 8.98. The summed E-state index contributed by atoms with van der Waals surface area (Å²) in [5.41, 5.74) is 2.64. The maximum atomic E-state index is 12.8. The fourth-order valence-electron chi connectivity index (χ4n) is 5.01. The number of aromatic nitrogens is 3. The van der Waals surface area contributed by atoms with Crippen molar-refractivity contribution in [3.63, 3.8) is 0 Å². The van der Waals surface area contributed by atoms with E-state index in [9.17, 15) is 4.79 Å². The molecule has 3 aliphatic heterocycles. The Bertz CT molecular complexity index is 1270. The molecule has 0 unspecified atom stereocenters. The van der Waals surface area contributed by atoms with Crippen molar-refractivity contribution in [2.45, 2.75) is 31.5 Å². The molecule has 34 heavy (non-hydrogen) atoms. The van der Waals surface area contributed by atoms with Crippen LogP contribution >= 0.6 is 15.9 Å². The first-order chi connectivity index (χ1) is 16.7. The highest BCUT2D eigenvalue weighted by Gasteiger charge is 2.29. The van der Waals surface area contributed by atoms with Gasteiger partial charge < -0.3 is 24.4 Å². The maximum Gasteiger partial charge on any atom is 0.257 e. The summed E-state index contributed by atoms with van der Waals surface area (Å²) in [6.45, 7) is 5.07. The third-order valence-corrected chi connectivity index (χ3v) is 7.31. The van der Waals surface area contributed by atoms with E-state index in [1.807, 2.05) is 16.8 Å². The van der Waals surface area contributed by atoms with E-state index in [1.165, 1.54) is 0 Å². The van der Waals surface area contributed by atoms with Crippen molar-refractivity contribution in [2.75, 3.05) is 39.5 Å². The van der Waals surface area contributed by atoms with Gasteiger partial charge in [0.1, 0.15) is 25.3 Å². The van der Waals surface area contributed by atoms with Gasteiger partial charge in [0.2, 0.25) is 0 Å². The Labute approximate surface area is 205 Å². The lowest BCUT2D eigenvalue weighted by atomic mass is 10.0. The van der Waals surface area contributed by atoms with E-state index in [1.54, 1.807) is 18.3 Å². The van der Waals surface area contributed by atoms with E-state index in [0.29, 0.717) is 37.5 Å². The average Bonchev–Trinajstić information content (AvgIpc) is 2.87. The lowest BCUT2D eigenvalue weighted by molar-refractivity contribution is 0.139. The highest BCUT2D eigenvalue weighted by Crippen LogP contribution is 2.36. The van der Waals surface area contributed by atoms with Crippen molar-refractivity contribution in [3.05, 3.63) is 51.0 Å². The van der Waals surface area contributed by atoms with Gasteiger partial charge in [-0.1, -0.05) is 0 Å². The van der Waals surface area contributed by atoms with Crippen LogP contribution in [0.1, 0.15) is 24.4 Å². The number of hydrogen-bond donors (Lipinski definition) is 1. The fourth-order valence-corrected chi connectivity index (χ4v) is 5.41. The molecular formula is C24H26BrN5O4. The summed E-state index contributed by atoms with van der Waals surface area (Å²) in [6.07, 6.45) is 5.68. The predicted octanol–water partition coefficient (Wildman–Crippen LogP) is 2.51. The molecule has 0 aliphatic carbocycles. The Balaban J connectivity index is 1.07. The molecule has 1 N–H and O–H groups in total. The van der Waals surface area contributed by atoms with E-state index in [4.69, 9.17) is 14.2 Å². The third-order valence-electron chi connectivity index (χ3n) is 6.74. The van der Waals surface area contributed by atoms with Crippen LogP contribution in [0, 0.1) is 0 Å². The molecule has 1 fully saturated rings. The Kier molecular flexibility index (Phi) is 5.88. The third kappa shape index (κ3) is 4.14. The first kappa shape index (κ1) is 21.8. The van der Waals surface area contributed by atoms with Crippen LogP contribution in [-0.2, 0) is 6.54 Å². The van der Waals surface area contributed by atoms with Gasteiger partial charge in [-0.3, -0.25) is 14.3 Å². The lowest BCUT2D eigenvalue weighted by Crippen LogP contribution is -2.46. The molecule has 1 atom stereocenters. The van der Waals surface area contributed by atoms with Gasteiger partial charge in [0.15, 0.2) is 11.5 Å². The highest BCUT2D eigenvalue weighted by molar-refractivity contribution is 9.10. The number of nitrogens with zero attached hydrogens (tertiary/aromatic N) is 4. The second kappa shape index (κ2) is 9.16. The Hall–Kier alpha value is -2.69. The molecule has 0 bridgehead atoms. The topological polar surface area (TPSA) is 90.7 Å². The summed E-state index contributed by atoms with van der Waals surface area (Å²) in [6, 6.07) is 5.79. The molecule has 1 saturated heterocycles. The average molecular weight is 528 g/mol. The van der Waals surface area contributed by atoms with E-state index in [-0.39, 0.29) is 11.6 Å². The lowest BCUT2D eigenvalue weighted by Gasteiger charge is -2.36. The SMILES string of the molecule is O=c1ccc2ncc(Br)c3c2n1[C@H](CN1CCC(NCc2cnc4c(c2)OCCO4)CC1)CO3. The zero-order valence-corrected chi connectivity index (χ0v) is 20.3. The van der Waals surface area contributed by atoms with Crippen LogP contribution in [0.5, 0.6) is 17.4 Å². The number of ether oxygens (including phenoxy) is 3. The predicted molar refractivity (Wildman–Crippen MR) is 130 cm³/mol. The molecule has 0 aromatic carbocycles. The fraction of sp³-hybridized carbons (Fsp3) is 0.458. The van der Waals surface area contributed by atoms with Crippen LogP contribution in [0.4, 0.5) is 0 Å². The van der Waals surface area contributed by atoms with Gasteiger partial charge >= 0.3 is 0 Å². The minimum absolute atomic E-state index is 0.00783. The molecule has 3 aliphatic rings. The number of piperidine rings is 1. The Morgan fingerprint density at radius 3 is 2.82 bits per heavy atom. The summed E-state index contributed by atoms with van der Waals surface area (Å²) >= 11 is 3.51. The smallest absolute Gasteiger partial charge is 0.257 e. The van der Waals surface area contributed by atoms with Crippen LogP contribution in [0.25, 0.3) is 11.0 Å². The summed E-state index contributed by atoms with van der Waals surface area (Å²) in [7, 11) is 0. The number of rotatable bonds is 5. The molecule has 0 saturated carbocycles. The van der Waals surface area contributed by atoms with Gasteiger partial charge in [-0.05, 0) is 59.6 Å². The number of hydrogen-bond acceptors (Lipinski definition) is 8. The number of likely N-dealkylation sites (tertiary alicyclic amines) is 1. The van der Waals surface area contributed by atoms with Crippen LogP contribution in [0.3, 0.4) is 0 Å². The molecule has 6 rings (SSSR count). The largest absolute Gasteiger partial charge is 0.488 e. The van der Waals surface area contributed by atoms with Crippen molar-refractivity contribution < 1.29 is 14.2 Å². The second-order valence-corrected chi connectivity index (χ2v) is 9.83. The minimum Gasteiger partial charge on any atom is -0.488 e. The normalized spacial score (nSPS) is 20.3. The molecule has 10 heteroatoms.